The Labute approximate surface area is 91.9 Å². The molecule has 84 valence electrons. The third kappa shape index (κ3) is 4.02. The van der Waals surface area contributed by atoms with Crippen LogP contribution in [0, 0.1) is 11.8 Å². The van der Waals surface area contributed by atoms with Crippen molar-refractivity contribution in [3.05, 3.63) is 35.9 Å². The van der Waals surface area contributed by atoms with E-state index in [2.05, 4.69) is 19.1 Å². The molecule has 15 heavy (non-hydrogen) atoms. The number of aliphatic hydroxyl groups excluding tert-OH is 1. The van der Waals surface area contributed by atoms with E-state index < -0.39 is 0 Å². The zero-order chi connectivity index (χ0) is 11.1. The van der Waals surface area contributed by atoms with Crippen LogP contribution in [-0.2, 0) is 11.2 Å². The Balaban J connectivity index is 2.53. The second-order valence-corrected chi connectivity index (χ2v) is 4.07. The van der Waals surface area contributed by atoms with E-state index in [1.807, 2.05) is 18.2 Å². The van der Waals surface area contributed by atoms with Gasteiger partial charge in [0.25, 0.3) is 0 Å². The molecule has 0 bridgehead atoms. The van der Waals surface area contributed by atoms with E-state index in [1.165, 1.54) is 5.56 Å². The van der Waals surface area contributed by atoms with Gasteiger partial charge in [-0.1, -0.05) is 37.3 Å². The zero-order valence-electron chi connectivity index (χ0n) is 9.52. The van der Waals surface area contributed by atoms with Gasteiger partial charge >= 0.3 is 0 Å². The topological polar surface area (TPSA) is 29.5 Å². The maximum absolute atomic E-state index is 9.33. The van der Waals surface area contributed by atoms with Crippen molar-refractivity contribution in [2.24, 2.45) is 11.8 Å². The van der Waals surface area contributed by atoms with E-state index >= 15 is 0 Å². The zero-order valence-corrected chi connectivity index (χ0v) is 9.52. The first-order chi connectivity index (χ1) is 7.27. The normalized spacial score (nSPS) is 14.9. The summed E-state index contributed by atoms with van der Waals surface area (Å²) >= 11 is 0. The van der Waals surface area contributed by atoms with E-state index in [0.717, 1.165) is 6.42 Å². The summed E-state index contributed by atoms with van der Waals surface area (Å²) in [4.78, 5) is 0. The highest BCUT2D eigenvalue weighted by Gasteiger charge is 2.16. The van der Waals surface area contributed by atoms with Crippen LogP contribution in [0.5, 0.6) is 0 Å². The minimum atomic E-state index is 0.222. The molecule has 2 nitrogen and oxygen atoms in total. The fourth-order valence-electron chi connectivity index (χ4n) is 1.76. The third-order valence-corrected chi connectivity index (χ3v) is 2.81. The summed E-state index contributed by atoms with van der Waals surface area (Å²) in [6, 6.07) is 10.3. The van der Waals surface area contributed by atoms with Gasteiger partial charge in [-0.05, 0) is 23.8 Å². The minimum Gasteiger partial charge on any atom is -0.396 e. The maximum atomic E-state index is 9.33. The molecule has 0 radical (unpaired) electrons. The molecule has 2 unspecified atom stereocenters. The Kier molecular flexibility index (Phi) is 5.37. The molecule has 1 aromatic rings. The minimum absolute atomic E-state index is 0.222. The SMILES string of the molecule is COCC(C)C(CO)Cc1ccccc1. The fraction of sp³-hybridized carbons (Fsp3) is 0.538. The number of rotatable bonds is 6. The van der Waals surface area contributed by atoms with E-state index in [0.29, 0.717) is 12.5 Å². The molecule has 0 fully saturated rings. The second-order valence-electron chi connectivity index (χ2n) is 4.07. The van der Waals surface area contributed by atoms with Crippen LogP contribution >= 0.6 is 0 Å². The molecule has 0 saturated heterocycles. The number of ether oxygens (including phenoxy) is 1. The summed E-state index contributed by atoms with van der Waals surface area (Å²) in [6.07, 6.45) is 0.919. The van der Waals surface area contributed by atoms with Gasteiger partial charge in [0.15, 0.2) is 0 Å². The number of aliphatic hydroxyl groups is 1. The van der Waals surface area contributed by atoms with Gasteiger partial charge < -0.3 is 9.84 Å². The van der Waals surface area contributed by atoms with Gasteiger partial charge in [-0.2, -0.15) is 0 Å². The van der Waals surface area contributed by atoms with Crippen LogP contribution in [0.2, 0.25) is 0 Å². The number of hydrogen-bond acceptors (Lipinski definition) is 2. The molecular weight excluding hydrogens is 188 g/mol. The van der Waals surface area contributed by atoms with Crippen LogP contribution in [0.3, 0.4) is 0 Å². The first kappa shape index (κ1) is 12.2. The summed E-state index contributed by atoms with van der Waals surface area (Å²) in [5.74, 6) is 0.674. The van der Waals surface area contributed by atoms with E-state index in [1.54, 1.807) is 7.11 Å². The average molecular weight is 208 g/mol. The van der Waals surface area contributed by atoms with Crippen molar-refractivity contribution in [2.75, 3.05) is 20.3 Å². The smallest absolute Gasteiger partial charge is 0.0491 e. The molecule has 0 aromatic heterocycles. The largest absolute Gasteiger partial charge is 0.396 e. The van der Waals surface area contributed by atoms with Crippen molar-refractivity contribution >= 4 is 0 Å². The molecular formula is C13H20O2. The van der Waals surface area contributed by atoms with Gasteiger partial charge in [-0.3, -0.25) is 0 Å². The Morgan fingerprint density at radius 1 is 1.27 bits per heavy atom. The standard InChI is InChI=1S/C13H20O2/c1-11(10-15-2)13(9-14)8-12-6-4-3-5-7-12/h3-7,11,13-14H,8-10H2,1-2H3. The molecule has 0 spiro atoms. The lowest BCUT2D eigenvalue weighted by atomic mass is 9.89. The highest BCUT2D eigenvalue weighted by Crippen LogP contribution is 2.17. The fourth-order valence-corrected chi connectivity index (χ4v) is 1.76. The summed E-state index contributed by atoms with van der Waals surface area (Å²) in [5.41, 5.74) is 1.28. The summed E-state index contributed by atoms with van der Waals surface area (Å²) in [6.45, 7) is 3.05. The maximum Gasteiger partial charge on any atom is 0.0491 e. The number of methoxy groups -OCH3 is 1. The van der Waals surface area contributed by atoms with E-state index in [4.69, 9.17) is 4.74 Å². The monoisotopic (exact) mass is 208 g/mol. The van der Waals surface area contributed by atoms with Crippen molar-refractivity contribution in [3.63, 3.8) is 0 Å². The average Bonchev–Trinajstić information content (AvgIpc) is 2.27. The second kappa shape index (κ2) is 6.59. The quantitative estimate of drug-likeness (QED) is 0.776. The molecule has 0 aliphatic heterocycles. The predicted molar refractivity (Wildman–Crippen MR) is 61.8 cm³/mol. The van der Waals surface area contributed by atoms with Crippen molar-refractivity contribution in [3.8, 4) is 0 Å². The molecule has 0 amide bonds. The third-order valence-electron chi connectivity index (χ3n) is 2.81. The lowest BCUT2D eigenvalue weighted by Crippen LogP contribution is -2.22. The Morgan fingerprint density at radius 3 is 2.47 bits per heavy atom. The van der Waals surface area contributed by atoms with Crippen LogP contribution in [0.1, 0.15) is 12.5 Å². The van der Waals surface area contributed by atoms with Gasteiger partial charge in [-0.25, -0.2) is 0 Å². The van der Waals surface area contributed by atoms with Crippen molar-refractivity contribution in [1.29, 1.82) is 0 Å². The summed E-state index contributed by atoms with van der Waals surface area (Å²) in [5, 5.41) is 9.33. The Bertz CT molecular complexity index is 258. The van der Waals surface area contributed by atoms with Gasteiger partial charge in [-0.15, -0.1) is 0 Å². The van der Waals surface area contributed by atoms with E-state index in [9.17, 15) is 5.11 Å². The van der Waals surface area contributed by atoms with E-state index in [-0.39, 0.29) is 12.5 Å². The van der Waals surface area contributed by atoms with Gasteiger partial charge in [0.1, 0.15) is 0 Å². The lowest BCUT2D eigenvalue weighted by molar-refractivity contribution is 0.0983. The predicted octanol–water partition coefficient (Wildman–Crippen LogP) is 2.12. The first-order valence-corrected chi connectivity index (χ1v) is 5.41. The molecule has 0 saturated carbocycles. The number of hydrogen-bond donors (Lipinski definition) is 1. The molecule has 1 rings (SSSR count). The summed E-state index contributed by atoms with van der Waals surface area (Å²) in [7, 11) is 1.70. The van der Waals surface area contributed by atoms with Gasteiger partial charge in [0.2, 0.25) is 0 Å². The molecule has 2 heteroatoms. The van der Waals surface area contributed by atoms with Crippen LogP contribution in [0.25, 0.3) is 0 Å². The van der Waals surface area contributed by atoms with Crippen LogP contribution in [0.4, 0.5) is 0 Å². The summed E-state index contributed by atoms with van der Waals surface area (Å²) < 4.78 is 5.11. The van der Waals surface area contributed by atoms with Crippen molar-refractivity contribution < 1.29 is 9.84 Å². The van der Waals surface area contributed by atoms with Crippen molar-refractivity contribution in [2.45, 2.75) is 13.3 Å². The first-order valence-electron chi connectivity index (χ1n) is 5.41. The highest BCUT2D eigenvalue weighted by molar-refractivity contribution is 5.15. The lowest BCUT2D eigenvalue weighted by Gasteiger charge is -2.21. The molecule has 1 aromatic carbocycles. The van der Waals surface area contributed by atoms with Crippen molar-refractivity contribution in [1.82, 2.24) is 0 Å². The van der Waals surface area contributed by atoms with Crippen LogP contribution in [-0.4, -0.2) is 25.4 Å². The van der Waals surface area contributed by atoms with Crippen LogP contribution < -0.4 is 0 Å². The molecule has 0 aliphatic rings. The Hall–Kier alpha value is -0.860. The van der Waals surface area contributed by atoms with Gasteiger partial charge in [0.05, 0.1) is 0 Å². The molecule has 1 N–H and O–H groups in total. The van der Waals surface area contributed by atoms with Crippen LogP contribution in [0.15, 0.2) is 30.3 Å². The molecule has 2 atom stereocenters. The Morgan fingerprint density at radius 2 is 1.93 bits per heavy atom. The molecule has 0 aliphatic carbocycles. The molecule has 0 heterocycles. The number of benzene rings is 1. The highest BCUT2D eigenvalue weighted by atomic mass is 16.5. The van der Waals surface area contributed by atoms with Gasteiger partial charge in [0, 0.05) is 20.3 Å².